The number of carbonyl (C=O) groups is 1. The van der Waals surface area contributed by atoms with E-state index in [1.165, 1.54) is 25.7 Å². The van der Waals surface area contributed by atoms with E-state index in [1.807, 2.05) is 6.92 Å². The normalized spacial score (nSPS) is 25.8. The highest BCUT2D eigenvalue weighted by molar-refractivity contribution is 5.84. The summed E-state index contributed by atoms with van der Waals surface area (Å²) in [5, 5.41) is 3.31. The number of primary amides is 1. The van der Waals surface area contributed by atoms with Crippen molar-refractivity contribution in [3.63, 3.8) is 0 Å². The van der Waals surface area contributed by atoms with E-state index >= 15 is 0 Å². The lowest BCUT2D eigenvalue weighted by atomic mass is 9.86. The Kier molecular flexibility index (Phi) is 7.67. The van der Waals surface area contributed by atoms with Crippen molar-refractivity contribution in [2.45, 2.75) is 77.3 Å². The summed E-state index contributed by atoms with van der Waals surface area (Å²) in [5.74, 6) is 0.623. The minimum atomic E-state index is -0.559. The molecule has 124 valence electrons. The van der Waals surface area contributed by atoms with Gasteiger partial charge in [-0.3, -0.25) is 4.79 Å². The summed E-state index contributed by atoms with van der Waals surface area (Å²) in [6.45, 7) is 8.29. The van der Waals surface area contributed by atoms with Gasteiger partial charge in [0.15, 0.2) is 0 Å². The van der Waals surface area contributed by atoms with Gasteiger partial charge in [-0.25, -0.2) is 0 Å². The van der Waals surface area contributed by atoms with E-state index in [-0.39, 0.29) is 5.91 Å². The number of nitrogens with two attached hydrogens (primary N) is 1. The van der Waals surface area contributed by atoms with Gasteiger partial charge in [0.25, 0.3) is 0 Å². The Balaban J connectivity index is 2.37. The molecule has 1 saturated carbocycles. The second-order valence-electron chi connectivity index (χ2n) is 7.13. The van der Waals surface area contributed by atoms with Crippen LogP contribution in [0.3, 0.4) is 0 Å². The summed E-state index contributed by atoms with van der Waals surface area (Å²) in [4.78, 5) is 14.2. The highest BCUT2D eigenvalue weighted by Gasteiger charge is 2.30. The van der Waals surface area contributed by atoms with Gasteiger partial charge < -0.3 is 16.0 Å². The van der Waals surface area contributed by atoms with E-state index in [2.05, 4.69) is 31.1 Å². The third-order valence-corrected chi connectivity index (χ3v) is 5.03. The molecule has 0 bridgehead atoms. The zero-order chi connectivity index (χ0) is 15.9. The third-order valence-electron chi connectivity index (χ3n) is 5.03. The van der Waals surface area contributed by atoms with E-state index in [4.69, 9.17) is 5.73 Å². The molecule has 4 nitrogen and oxygen atoms in total. The number of carbonyl (C=O) groups excluding carboxylic acids is 1. The molecule has 0 radical (unpaired) electrons. The van der Waals surface area contributed by atoms with Crippen LogP contribution < -0.4 is 11.1 Å². The summed E-state index contributed by atoms with van der Waals surface area (Å²) < 4.78 is 0. The second kappa shape index (κ2) is 8.74. The molecule has 0 spiro atoms. The quantitative estimate of drug-likeness (QED) is 0.687. The topological polar surface area (TPSA) is 58.4 Å². The van der Waals surface area contributed by atoms with Gasteiger partial charge in [-0.15, -0.1) is 0 Å². The summed E-state index contributed by atoms with van der Waals surface area (Å²) >= 11 is 0. The van der Waals surface area contributed by atoms with Crippen LogP contribution in [0.15, 0.2) is 0 Å². The van der Waals surface area contributed by atoms with Crippen LogP contribution in [0, 0.1) is 5.92 Å². The lowest BCUT2D eigenvalue weighted by Gasteiger charge is -2.35. The maximum atomic E-state index is 11.7. The lowest BCUT2D eigenvalue weighted by Crippen LogP contribution is -2.53. The SMILES string of the molecule is CCCNC(C)(CCCN(C)C1CCCC(C)C1)C(N)=O. The Hall–Kier alpha value is -0.610. The first-order valence-corrected chi connectivity index (χ1v) is 8.64. The molecule has 0 heterocycles. The first-order valence-electron chi connectivity index (χ1n) is 8.64. The fourth-order valence-corrected chi connectivity index (χ4v) is 3.37. The molecule has 1 aliphatic carbocycles. The van der Waals surface area contributed by atoms with Gasteiger partial charge in [-0.1, -0.05) is 26.7 Å². The van der Waals surface area contributed by atoms with Crippen LogP contribution in [-0.2, 0) is 4.79 Å². The van der Waals surface area contributed by atoms with E-state index in [0.29, 0.717) is 0 Å². The number of rotatable bonds is 9. The van der Waals surface area contributed by atoms with Crippen molar-refractivity contribution in [1.29, 1.82) is 0 Å². The molecule has 0 saturated heterocycles. The molecule has 1 fully saturated rings. The molecule has 1 aliphatic rings. The maximum absolute atomic E-state index is 11.7. The molecule has 1 amide bonds. The number of hydrogen-bond acceptors (Lipinski definition) is 3. The molecule has 4 heteroatoms. The fourth-order valence-electron chi connectivity index (χ4n) is 3.37. The molecule has 3 unspecified atom stereocenters. The van der Waals surface area contributed by atoms with Gasteiger partial charge in [0.2, 0.25) is 5.91 Å². The van der Waals surface area contributed by atoms with E-state index in [9.17, 15) is 4.79 Å². The number of hydrogen-bond donors (Lipinski definition) is 2. The lowest BCUT2D eigenvalue weighted by molar-refractivity contribution is -0.124. The number of nitrogens with zero attached hydrogens (tertiary/aromatic N) is 1. The van der Waals surface area contributed by atoms with E-state index in [1.54, 1.807) is 0 Å². The Labute approximate surface area is 130 Å². The van der Waals surface area contributed by atoms with Crippen molar-refractivity contribution in [2.24, 2.45) is 11.7 Å². The second-order valence-corrected chi connectivity index (χ2v) is 7.13. The molecule has 3 N–H and O–H groups in total. The first-order chi connectivity index (χ1) is 9.89. The number of amides is 1. The largest absolute Gasteiger partial charge is 0.368 e. The van der Waals surface area contributed by atoms with Crippen molar-refractivity contribution >= 4 is 5.91 Å². The average molecular weight is 297 g/mol. The smallest absolute Gasteiger partial charge is 0.237 e. The average Bonchev–Trinajstić information content (AvgIpc) is 2.44. The zero-order valence-corrected chi connectivity index (χ0v) is 14.5. The highest BCUT2D eigenvalue weighted by atomic mass is 16.1. The van der Waals surface area contributed by atoms with Crippen molar-refractivity contribution in [2.75, 3.05) is 20.1 Å². The molecule has 0 aromatic heterocycles. The van der Waals surface area contributed by atoms with Crippen LogP contribution in [0.4, 0.5) is 0 Å². The summed E-state index contributed by atoms with van der Waals surface area (Å²) in [7, 11) is 2.23. The van der Waals surface area contributed by atoms with Crippen LogP contribution >= 0.6 is 0 Å². The van der Waals surface area contributed by atoms with Crippen molar-refractivity contribution in [3.05, 3.63) is 0 Å². The van der Waals surface area contributed by atoms with Crippen molar-refractivity contribution in [3.8, 4) is 0 Å². The van der Waals surface area contributed by atoms with Gasteiger partial charge in [0.1, 0.15) is 0 Å². The summed E-state index contributed by atoms with van der Waals surface area (Å²) in [6, 6.07) is 0.720. The van der Waals surface area contributed by atoms with Gasteiger partial charge in [-0.05, 0) is 65.1 Å². The van der Waals surface area contributed by atoms with Crippen LogP contribution in [-0.4, -0.2) is 42.5 Å². The zero-order valence-electron chi connectivity index (χ0n) is 14.5. The Morgan fingerprint density at radius 3 is 2.71 bits per heavy atom. The minimum Gasteiger partial charge on any atom is -0.368 e. The predicted octanol–water partition coefficient (Wildman–Crippen LogP) is 2.52. The summed E-state index contributed by atoms with van der Waals surface area (Å²) in [6.07, 6.45) is 8.22. The van der Waals surface area contributed by atoms with Gasteiger partial charge in [0.05, 0.1) is 5.54 Å². The molecule has 0 aromatic carbocycles. The molecule has 1 rings (SSSR count). The van der Waals surface area contributed by atoms with Crippen LogP contribution in [0.1, 0.15) is 65.7 Å². The van der Waals surface area contributed by atoms with Gasteiger partial charge in [-0.2, -0.15) is 0 Å². The monoisotopic (exact) mass is 297 g/mol. The van der Waals surface area contributed by atoms with Crippen LogP contribution in [0.5, 0.6) is 0 Å². The van der Waals surface area contributed by atoms with Crippen molar-refractivity contribution < 1.29 is 4.79 Å². The Bertz CT molecular complexity index is 321. The minimum absolute atomic E-state index is 0.232. The highest BCUT2D eigenvalue weighted by Crippen LogP contribution is 2.27. The molecular weight excluding hydrogens is 262 g/mol. The Morgan fingerprint density at radius 2 is 2.14 bits per heavy atom. The van der Waals surface area contributed by atoms with Crippen LogP contribution in [0.25, 0.3) is 0 Å². The molecule has 3 atom stereocenters. The molecule has 0 aliphatic heterocycles. The van der Waals surface area contributed by atoms with Crippen molar-refractivity contribution in [1.82, 2.24) is 10.2 Å². The third kappa shape index (κ3) is 5.95. The van der Waals surface area contributed by atoms with Crippen LogP contribution in [0.2, 0.25) is 0 Å². The van der Waals surface area contributed by atoms with Gasteiger partial charge in [0, 0.05) is 6.04 Å². The number of nitrogens with one attached hydrogen (secondary N) is 1. The summed E-state index contributed by atoms with van der Waals surface area (Å²) in [5.41, 5.74) is 5.02. The molecular formula is C17H35N3O. The molecule has 21 heavy (non-hydrogen) atoms. The Morgan fingerprint density at radius 1 is 1.43 bits per heavy atom. The maximum Gasteiger partial charge on any atom is 0.237 e. The molecule has 0 aromatic rings. The van der Waals surface area contributed by atoms with Gasteiger partial charge >= 0.3 is 0 Å². The standard InChI is InChI=1S/C17H35N3O/c1-5-11-19-17(3,16(18)21)10-7-12-20(4)15-9-6-8-14(2)13-15/h14-15,19H,5-13H2,1-4H3,(H2,18,21). The fraction of sp³-hybridized carbons (Fsp3) is 0.941. The van der Waals surface area contributed by atoms with E-state index in [0.717, 1.165) is 44.3 Å². The van der Waals surface area contributed by atoms with E-state index < -0.39 is 5.54 Å². The predicted molar refractivity (Wildman–Crippen MR) is 89.2 cm³/mol. The first kappa shape index (κ1) is 18.4.